The molecule has 72 valence electrons. The number of aromatic amines is 1. The van der Waals surface area contributed by atoms with Crippen molar-refractivity contribution in [1.29, 1.82) is 0 Å². The third kappa shape index (κ3) is 1.76. The SMILES string of the molecule is Oc1c[nH]c(=S)n1CC1CCCN1. The fourth-order valence-electron chi connectivity index (χ4n) is 1.70. The van der Waals surface area contributed by atoms with Crippen LogP contribution >= 0.6 is 12.2 Å². The molecule has 0 spiro atoms. The van der Waals surface area contributed by atoms with Gasteiger partial charge in [-0.3, -0.25) is 4.57 Å². The van der Waals surface area contributed by atoms with E-state index in [2.05, 4.69) is 10.3 Å². The quantitative estimate of drug-likeness (QED) is 0.623. The maximum Gasteiger partial charge on any atom is 0.209 e. The van der Waals surface area contributed by atoms with Crippen LogP contribution in [0.3, 0.4) is 0 Å². The van der Waals surface area contributed by atoms with Gasteiger partial charge in [0.25, 0.3) is 0 Å². The van der Waals surface area contributed by atoms with Gasteiger partial charge in [0, 0.05) is 12.6 Å². The Labute approximate surface area is 81.6 Å². The molecule has 1 saturated heterocycles. The number of aromatic nitrogens is 2. The third-order valence-electron chi connectivity index (χ3n) is 2.41. The van der Waals surface area contributed by atoms with Gasteiger partial charge in [-0.1, -0.05) is 0 Å². The van der Waals surface area contributed by atoms with Crippen LogP contribution < -0.4 is 5.32 Å². The molecule has 0 aromatic carbocycles. The summed E-state index contributed by atoms with van der Waals surface area (Å²) in [4.78, 5) is 2.81. The summed E-state index contributed by atoms with van der Waals surface area (Å²) in [5, 5.41) is 12.8. The van der Waals surface area contributed by atoms with E-state index in [0.29, 0.717) is 10.8 Å². The van der Waals surface area contributed by atoms with Crippen molar-refractivity contribution in [3.05, 3.63) is 11.0 Å². The van der Waals surface area contributed by atoms with Gasteiger partial charge in [0.1, 0.15) is 0 Å². The zero-order chi connectivity index (χ0) is 9.26. The van der Waals surface area contributed by atoms with Gasteiger partial charge in [0.05, 0.1) is 6.20 Å². The number of hydrogen-bond acceptors (Lipinski definition) is 3. The van der Waals surface area contributed by atoms with Crippen LogP contribution in [0.4, 0.5) is 0 Å². The zero-order valence-corrected chi connectivity index (χ0v) is 8.10. The molecule has 3 N–H and O–H groups in total. The topological polar surface area (TPSA) is 53.0 Å². The number of hydrogen-bond donors (Lipinski definition) is 3. The average Bonchev–Trinajstić information content (AvgIpc) is 2.70. The van der Waals surface area contributed by atoms with E-state index in [1.807, 2.05) is 0 Å². The van der Waals surface area contributed by atoms with E-state index in [1.165, 1.54) is 12.6 Å². The van der Waals surface area contributed by atoms with Crippen molar-refractivity contribution in [2.45, 2.75) is 25.4 Å². The number of nitrogens with one attached hydrogen (secondary N) is 2. The van der Waals surface area contributed by atoms with Crippen molar-refractivity contribution in [3.63, 3.8) is 0 Å². The average molecular weight is 199 g/mol. The number of aromatic hydroxyl groups is 1. The molecule has 0 amide bonds. The second-order valence-electron chi connectivity index (χ2n) is 3.36. The van der Waals surface area contributed by atoms with E-state index < -0.39 is 0 Å². The molecular formula is C8H13N3OS. The van der Waals surface area contributed by atoms with Crippen molar-refractivity contribution >= 4 is 12.2 Å². The van der Waals surface area contributed by atoms with E-state index in [9.17, 15) is 5.11 Å². The monoisotopic (exact) mass is 199 g/mol. The van der Waals surface area contributed by atoms with Crippen molar-refractivity contribution in [1.82, 2.24) is 14.9 Å². The molecule has 0 saturated carbocycles. The molecule has 1 fully saturated rings. The number of imidazole rings is 1. The molecular weight excluding hydrogens is 186 g/mol. The molecule has 1 aliphatic heterocycles. The highest BCUT2D eigenvalue weighted by atomic mass is 32.1. The Balaban J connectivity index is 2.12. The van der Waals surface area contributed by atoms with Crippen LogP contribution in [-0.4, -0.2) is 27.2 Å². The largest absolute Gasteiger partial charge is 0.493 e. The first-order valence-corrected chi connectivity index (χ1v) is 4.89. The van der Waals surface area contributed by atoms with Crippen LogP contribution in [0.5, 0.6) is 5.88 Å². The van der Waals surface area contributed by atoms with Crippen LogP contribution in [-0.2, 0) is 6.54 Å². The molecule has 1 aliphatic rings. The van der Waals surface area contributed by atoms with E-state index in [1.54, 1.807) is 4.57 Å². The lowest BCUT2D eigenvalue weighted by Crippen LogP contribution is -2.26. The maximum absolute atomic E-state index is 9.43. The zero-order valence-electron chi connectivity index (χ0n) is 7.29. The van der Waals surface area contributed by atoms with Gasteiger partial charge in [-0.15, -0.1) is 0 Å². The highest BCUT2D eigenvalue weighted by Crippen LogP contribution is 2.13. The summed E-state index contributed by atoms with van der Waals surface area (Å²) in [7, 11) is 0. The fraction of sp³-hybridized carbons (Fsp3) is 0.625. The fourth-order valence-corrected chi connectivity index (χ4v) is 1.92. The Hall–Kier alpha value is -0.810. The van der Waals surface area contributed by atoms with Gasteiger partial charge in [-0.2, -0.15) is 0 Å². The predicted octanol–water partition coefficient (Wildman–Crippen LogP) is 1.00. The molecule has 1 aromatic rings. The molecule has 0 radical (unpaired) electrons. The van der Waals surface area contributed by atoms with E-state index >= 15 is 0 Å². The normalized spacial score (nSPS) is 22.3. The lowest BCUT2D eigenvalue weighted by molar-refractivity contribution is 0.393. The molecule has 5 heteroatoms. The minimum atomic E-state index is 0.221. The van der Waals surface area contributed by atoms with Crippen molar-refractivity contribution in [2.75, 3.05) is 6.54 Å². The van der Waals surface area contributed by atoms with Crippen LogP contribution in [0.1, 0.15) is 12.8 Å². The Kier molecular flexibility index (Phi) is 2.37. The van der Waals surface area contributed by atoms with E-state index in [-0.39, 0.29) is 5.88 Å². The number of rotatable bonds is 2. The molecule has 0 bridgehead atoms. The predicted molar refractivity (Wildman–Crippen MR) is 52.3 cm³/mol. The van der Waals surface area contributed by atoms with Gasteiger partial charge < -0.3 is 15.4 Å². The third-order valence-corrected chi connectivity index (χ3v) is 2.75. The molecule has 4 nitrogen and oxygen atoms in total. The van der Waals surface area contributed by atoms with E-state index in [4.69, 9.17) is 12.2 Å². The number of nitrogens with zero attached hydrogens (tertiary/aromatic N) is 1. The molecule has 2 rings (SSSR count). The molecule has 1 aromatic heterocycles. The molecule has 13 heavy (non-hydrogen) atoms. The van der Waals surface area contributed by atoms with Crippen LogP contribution in [0, 0.1) is 4.77 Å². The smallest absolute Gasteiger partial charge is 0.209 e. The summed E-state index contributed by atoms with van der Waals surface area (Å²) in [6, 6.07) is 0.452. The Bertz CT molecular complexity index is 337. The molecule has 1 atom stereocenters. The summed E-state index contributed by atoms with van der Waals surface area (Å²) >= 11 is 5.03. The lowest BCUT2D eigenvalue weighted by atomic mass is 10.2. The van der Waals surface area contributed by atoms with Crippen LogP contribution in [0.2, 0.25) is 0 Å². The first kappa shape index (κ1) is 8.77. The minimum absolute atomic E-state index is 0.221. The maximum atomic E-state index is 9.43. The summed E-state index contributed by atoms with van der Waals surface area (Å²) in [6.45, 7) is 1.83. The van der Waals surface area contributed by atoms with Gasteiger partial charge >= 0.3 is 0 Å². The van der Waals surface area contributed by atoms with Gasteiger partial charge in [-0.25, -0.2) is 0 Å². The van der Waals surface area contributed by atoms with E-state index in [0.717, 1.165) is 19.5 Å². The Morgan fingerprint density at radius 1 is 1.69 bits per heavy atom. The van der Waals surface area contributed by atoms with Crippen LogP contribution in [0.25, 0.3) is 0 Å². The molecule has 2 heterocycles. The van der Waals surface area contributed by atoms with Crippen molar-refractivity contribution in [2.24, 2.45) is 0 Å². The van der Waals surface area contributed by atoms with Crippen molar-refractivity contribution < 1.29 is 5.11 Å². The molecule has 1 unspecified atom stereocenters. The number of H-pyrrole nitrogens is 1. The standard InChI is InChI=1S/C8H13N3OS/c12-7-4-10-8(13)11(7)5-6-2-1-3-9-6/h4,6,9,12H,1-3,5H2,(H,10,13). The Morgan fingerprint density at radius 2 is 2.54 bits per heavy atom. The first-order chi connectivity index (χ1) is 6.27. The summed E-state index contributed by atoms with van der Waals surface area (Å²) in [5.41, 5.74) is 0. The van der Waals surface area contributed by atoms with Crippen LogP contribution in [0.15, 0.2) is 6.20 Å². The summed E-state index contributed by atoms with van der Waals surface area (Å²) in [6.07, 6.45) is 3.90. The Morgan fingerprint density at radius 3 is 3.08 bits per heavy atom. The highest BCUT2D eigenvalue weighted by Gasteiger charge is 2.15. The minimum Gasteiger partial charge on any atom is -0.493 e. The molecule has 0 aliphatic carbocycles. The summed E-state index contributed by atoms with van der Waals surface area (Å²) in [5.74, 6) is 0.221. The van der Waals surface area contributed by atoms with Gasteiger partial charge in [-0.05, 0) is 31.6 Å². The van der Waals surface area contributed by atoms with Gasteiger partial charge in [0.15, 0.2) is 4.77 Å². The second-order valence-corrected chi connectivity index (χ2v) is 3.74. The van der Waals surface area contributed by atoms with Gasteiger partial charge in [0.2, 0.25) is 5.88 Å². The lowest BCUT2D eigenvalue weighted by Gasteiger charge is -2.11. The highest BCUT2D eigenvalue weighted by molar-refractivity contribution is 7.71. The van der Waals surface area contributed by atoms with Crippen molar-refractivity contribution in [3.8, 4) is 5.88 Å². The first-order valence-electron chi connectivity index (χ1n) is 4.48. The summed E-state index contributed by atoms with van der Waals surface area (Å²) < 4.78 is 2.31. The second kappa shape index (κ2) is 3.51.